The fourth-order valence-corrected chi connectivity index (χ4v) is 2.82. The van der Waals surface area contributed by atoms with Crippen LogP contribution in [-0.2, 0) is 4.79 Å². The fraction of sp³-hybridized carbons (Fsp3) is 0.526. The molecule has 1 aromatic rings. The van der Waals surface area contributed by atoms with E-state index in [1.807, 2.05) is 30.0 Å². The second-order valence-electron chi connectivity index (χ2n) is 6.20. The van der Waals surface area contributed by atoms with E-state index in [2.05, 4.69) is 20.5 Å². The lowest BCUT2D eigenvalue weighted by Crippen LogP contribution is -2.53. The lowest BCUT2D eigenvalue weighted by atomic mass is 10.2. The molecule has 0 atom stereocenters. The van der Waals surface area contributed by atoms with Crippen molar-refractivity contribution >= 4 is 17.8 Å². The molecule has 0 aromatic heterocycles. The van der Waals surface area contributed by atoms with Gasteiger partial charge in [0.1, 0.15) is 0 Å². The molecule has 0 aliphatic carbocycles. The summed E-state index contributed by atoms with van der Waals surface area (Å²) in [6, 6.07) is 9.21. The predicted octanol–water partition coefficient (Wildman–Crippen LogP) is 0.936. The summed E-state index contributed by atoms with van der Waals surface area (Å²) in [5, 5.41) is 6.22. The van der Waals surface area contributed by atoms with Crippen molar-refractivity contribution in [1.82, 2.24) is 20.4 Å². The van der Waals surface area contributed by atoms with Gasteiger partial charge >= 0.3 is 0 Å². The molecule has 2 rings (SSSR count). The van der Waals surface area contributed by atoms with Crippen LogP contribution in [-0.4, -0.2) is 73.4 Å². The van der Waals surface area contributed by atoms with Crippen molar-refractivity contribution in [2.45, 2.75) is 20.3 Å². The molecule has 1 saturated heterocycles. The quantitative estimate of drug-likeness (QED) is 0.450. The SMILES string of the molecule is CCNC(=NCCCNC(=O)c1ccccc1)N1CCN(C(C)=O)CC1. The Kier molecular flexibility index (Phi) is 7.92. The van der Waals surface area contributed by atoms with Crippen LogP contribution in [0.4, 0.5) is 0 Å². The van der Waals surface area contributed by atoms with E-state index < -0.39 is 0 Å². The summed E-state index contributed by atoms with van der Waals surface area (Å²) in [6.07, 6.45) is 0.779. The molecule has 142 valence electrons. The minimum absolute atomic E-state index is 0.0539. The molecular weight excluding hydrogens is 330 g/mol. The van der Waals surface area contributed by atoms with E-state index in [1.165, 1.54) is 0 Å². The number of amides is 2. The molecule has 1 aliphatic heterocycles. The molecule has 2 N–H and O–H groups in total. The van der Waals surface area contributed by atoms with Crippen molar-refractivity contribution < 1.29 is 9.59 Å². The average molecular weight is 359 g/mol. The second kappa shape index (κ2) is 10.4. The van der Waals surface area contributed by atoms with Crippen LogP contribution in [0.2, 0.25) is 0 Å². The molecule has 7 heteroatoms. The van der Waals surface area contributed by atoms with Crippen LogP contribution in [0.15, 0.2) is 35.3 Å². The summed E-state index contributed by atoms with van der Waals surface area (Å²) in [7, 11) is 0. The van der Waals surface area contributed by atoms with Gasteiger partial charge in [0, 0.05) is 58.3 Å². The second-order valence-corrected chi connectivity index (χ2v) is 6.20. The van der Waals surface area contributed by atoms with Crippen LogP contribution in [0.5, 0.6) is 0 Å². The Balaban J connectivity index is 1.75. The maximum Gasteiger partial charge on any atom is 0.251 e. The zero-order valence-electron chi connectivity index (χ0n) is 15.7. The molecule has 2 amide bonds. The van der Waals surface area contributed by atoms with Gasteiger partial charge in [-0.05, 0) is 25.5 Å². The van der Waals surface area contributed by atoms with E-state index in [4.69, 9.17) is 0 Å². The van der Waals surface area contributed by atoms with Crippen molar-refractivity contribution in [2.75, 3.05) is 45.8 Å². The Morgan fingerprint density at radius 2 is 1.69 bits per heavy atom. The Bertz CT molecular complexity index is 610. The highest BCUT2D eigenvalue weighted by atomic mass is 16.2. The summed E-state index contributed by atoms with van der Waals surface area (Å²) in [4.78, 5) is 32.1. The molecule has 1 aromatic carbocycles. The number of nitrogens with one attached hydrogen (secondary N) is 2. The molecule has 0 saturated carbocycles. The molecule has 1 fully saturated rings. The first kappa shape index (κ1) is 19.8. The molecule has 0 spiro atoms. The van der Waals surface area contributed by atoms with Gasteiger partial charge in [0.25, 0.3) is 5.91 Å². The summed E-state index contributed by atoms with van der Waals surface area (Å²) in [5.41, 5.74) is 0.674. The van der Waals surface area contributed by atoms with Crippen molar-refractivity contribution in [3.05, 3.63) is 35.9 Å². The first-order valence-corrected chi connectivity index (χ1v) is 9.24. The van der Waals surface area contributed by atoms with E-state index in [-0.39, 0.29) is 11.8 Å². The van der Waals surface area contributed by atoms with Crippen molar-refractivity contribution in [3.63, 3.8) is 0 Å². The number of rotatable bonds is 6. The molecule has 0 radical (unpaired) electrons. The molecular formula is C19H29N5O2. The Morgan fingerprint density at radius 3 is 2.31 bits per heavy atom. The third-order valence-corrected chi connectivity index (χ3v) is 4.28. The topological polar surface area (TPSA) is 77.0 Å². The van der Waals surface area contributed by atoms with Crippen LogP contribution in [0.3, 0.4) is 0 Å². The zero-order chi connectivity index (χ0) is 18.8. The molecule has 7 nitrogen and oxygen atoms in total. The highest BCUT2D eigenvalue weighted by Gasteiger charge is 2.20. The van der Waals surface area contributed by atoms with Crippen LogP contribution in [0, 0.1) is 0 Å². The Hall–Kier alpha value is -2.57. The summed E-state index contributed by atoms with van der Waals surface area (Å²) < 4.78 is 0. The number of benzene rings is 1. The highest BCUT2D eigenvalue weighted by Crippen LogP contribution is 2.03. The van der Waals surface area contributed by atoms with E-state index in [9.17, 15) is 9.59 Å². The average Bonchev–Trinajstić information content (AvgIpc) is 2.67. The predicted molar refractivity (Wildman–Crippen MR) is 103 cm³/mol. The van der Waals surface area contributed by atoms with Gasteiger partial charge in [-0.3, -0.25) is 14.6 Å². The van der Waals surface area contributed by atoms with Crippen LogP contribution in [0.25, 0.3) is 0 Å². The number of hydrogen-bond donors (Lipinski definition) is 2. The third kappa shape index (κ3) is 6.06. The summed E-state index contributed by atoms with van der Waals surface area (Å²) in [6.45, 7) is 8.72. The Labute approximate surface area is 155 Å². The molecule has 1 aliphatic rings. The minimum atomic E-state index is -0.0539. The summed E-state index contributed by atoms with van der Waals surface area (Å²) >= 11 is 0. The van der Waals surface area contributed by atoms with Crippen LogP contribution < -0.4 is 10.6 Å². The number of piperazine rings is 1. The van der Waals surface area contributed by atoms with Gasteiger partial charge in [-0.15, -0.1) is 0 Å². The van der Waals surface area contributed by atoms with E-state index in [0.717, 1.165) is 45.1 Å². The number of aliphatic imine (C=N–C) groups is 1. The lowest BCUT2D eigenvalue weighted by molar-refractivity contribution is -0.130. The first-order valence-electron chi connectivity index (χ1n) is 9.24. The first-order chi connectivity index (χ1) is 12.6. The number of nitrogens with zero attached hydrogens (tertiary/aromatic N) is 3. The molecule has 1 heterocycles. The van der Waals surface area contributed by atoms with E-state index in [1.54, 1.807) is 19.1 Å². The number of carbonyl (C=O) groups is 2. The van der Waals surface area contributed by atoms with Crippen molar-refractivity contribution in [1.29, 1.82) is 0 Å². The maximum atomic E-state index is 12.0. The fourth-order valence-electron chi connectivity index (χ4n) is 2.82. The molecule has 0 unspecified atom stereocenters. The van der Waals surface area contributed by atoms with E-state index >= 15 is 0 Å². The smallest absolute Gasteiger partial charge is 0.251 e. The Morgan fingerprint density at radius 1 is 1.04 bits per heavy atom. The number of carbonyl (C=O) groups excluding carboxylic acids is 2. The van der Waals surface area contributed by atoms with Gasteiger partial charge < -0.3 is 20.4 Å². The van der Waals surface area contributed by atoms with Gasteiger partial charge in [-0.1, -0.05) is 18.2 Å². The maximum absolute atomic E-state index is 12.0. The van der Waals surface area contributed by atoms with Gasteiger partial charge in [0.15, 0.2) is 5.96 Å². The monoisotopic (exact) mass is 359 g/mol. The largest absolute Gasteiger partial charge is 0.357 e. The zero-order valence-corrected chi connectivity index (χ0v) is 15.7. The molecule has 0 bridgehead atoms. The van der Waals surface area contributed by atoms with Gasteiger partial charge in [0.05, 0.1) is 0 Å². The third-order valence-electron chi connectivity index (χ3n) is 4.28. The highest BCUT2D eigenvalue weighted by molar-refractivity contribution is 5.94. The van der Waals surface area contributed by atoms with E-state index in [0.29, 0.717) is 18.7 Å². The normalized spacial score (nSPS) is 14.9. The van der Waals surface area contributed by atoms with Gasteiger partial charge in [-0.2, -0.15) is 0 Å². The standard InChI is InChI=1S/C19H29N5O2/c1-3-20-19(24-14-12-23(13-15-24)16(2)25)22-11-7-10-21-18(26)17-8-5-4-6-9-17/h4-6,8-9H,3,7,10-15H2,1-2H3,(H,20,22)(H,21,26). The number of hydrogen-bond acceptors (Lipinski definition) is 3. The lowest BCUT2D eigenvalue weighted by Gasteiger charge is -2.36. The minimum Gasteiger partial charge on any atom is -0.357 e. The molecule has 26 heavy (non-hydrogen) atoms. The summed E-state index contributed by atoms with van der Waals surface area (Å²) in [5.74, 6) is 0.952. The van der Waals surface area contributed by atoms with Gasteiger partial charge in [-0.25, -0.2) is 0 Å². The van der Waals surface area contributed by atoms with Crippen LogP contribution in [0.1, 0.15) is 30.6 Å². The van der Waals surface area contributed by atoms with Crippen molar-refractivity contribution in [2.24, 2.45) is 4.99 Å². The van der Waals surface area contributed by atoms with Crippen molar-refractivity contribution in [3.8, 4) is 0 Å². The van der Waals surface area contributed by atoms with Crippen LogP contribution >= 0.6 is 0 Å². The number of guanidine groups is 1. The van der Waals surface area contributed by atoms with Gasteiger partial charge in [0.2, 0.25) is 5.91 Å².